The number of nitrogens with zero attached hydrogens (tertiary/aromatic N) is 1. The second kappa shape index (κ2) is 6.36. The largest absolute Gasteiger partial charge is 0.373 e. The summed E-state index contributed by atoms with van der Waals surface area (Å²) in [7, 11) is 0. The lowest BCUT2D eigenvalue weighted by Crippen LogP contribution is -2.35. The van der Waals surface area contributed by atoms with Crippen molar-refractivity contribution in [2.45, 2.75) is 47.1 Å². The number of amides is 2. The Kier molecular flexibility index (Phi) is 4.38. The number of aryl methyl sites for hydroxylation is 5. The first-order valence-corrected chi connectivity index (χ1v) is 8.56. The molecule has 2 aromatic carbocycles. The van der Waals surface area contributed by atoms with Crippen LogP contribution >= 0.6 is 0 Å². The summed E-state index contributed by atoms with van der Waals surface area (Å²) in [5.41, 5.74) is 6.95. The van der Waals surface area contributed by atoms with Gasteiger partial charge in [-0.25, -0.2) is 4.90 Å². The van der Waals surface area contributed by atoms with Crippen LogP contribution in [0.25, 0.3) is 0 Å². The van der Waals surface area contributed by atoms with E-state index in [-0.39, 0.29) is 18.2 Å². The molecule has 2 amide bonds. The molecule has 1 saturated heterocycles. The van der Waals surface area contributed by atoms with Crippen molar-refractivity contribution in [1.82, 2.24) is 0 Å². The van der Waals surface area contributed by atoms with Gasteiger partial charge in [-0.1, -0.05) is 29.8 Å². The van der Waals surface area contributed by atoms with E-state index in [1.54, 1.807) is 0 Å². The summed E-state index contributed by atoms with van der Waals surface area (Å²) < 4.78 is 0. The molecule has 0 saturated carbocycles. The zero-order valence-electron chi connectivity index (χ0n) is 15.4. The summed E-state index contributed by atoms with van der Waals surface area (Å²) >= 11 is 0. The third kappa shape index (κ3) is 3.16. The molecule has 0 aliphatic carbocycles. The van der Waals surface area contributed by atoms with Crippen LogP contribution in [0.5, 0.6) is 0 Å². The van der Waals surface area contributed by atoms with E-state index >= 15 is 0 Å². The first-order chi connectivity index (χ1) is 11.8. The third-order valence-electron chi connectivity index (χ3n) is 4.75. The maximum absolute atomic E-state index is 12.9. The number of imide groups is 1. The molecule has 1 fully saturated rings. The van der Waals surface area contributed by atoms with Crippen LogP contribution in [0.3, 0.4) is 0 Å². The van der Waals surface area contributed by atoms with Gasteiger partial charge in [-0.2, -0.15) is 0 Å². The van der Waals surface area contributed by atoms with Crippen LogP contribution in [0.4, 0.5) is 11.4 Å². The van der Waals surface area contributed by atoms with Crippen molar-refractivity contribution in [2.24, 2.45) is 0 Å². The van der Waals surface area contributed by atoms with Gasteiger partial charge in [-0.3, -0.25) is 9.59 Å². The molecule has 0 bridgehead atoms. The number of nitrogens with one attached hydrogen (secondary N) is 1. The molecule has 1 aliphatic rings. The predicted molar refractivity (Wildman–Crippen MR) is 101 cm³/mol. The van der Waals surface area contributed by atoms with E-state index in [2.05, 4.69) is 24.4 Å². The lowest BCUT2D eigenvalue weighted by molar-refractivity contribution is -0.121. The number of hydrogen-bond acceptors (Lipinski definition) is 3. The molecule has 1 aliphatic heterocycles. The summed E-state index contributed by atoms with van der Waals surface area (Å²) in [6, 6.07) is 9.47. The van der Waals surface area contributed by atoms with Gasteiger partial charge < -0.3 is 5.32 Å². The van der Waals surface area contributed by atoms with Crippen LogP contribution in [0.15, 0.2) is 30.3 Å². The molecular weight excluding hydrogens is 312 g/mol. The van der Waals surface area contributed by atoms with Crippen molar-refractivity contribution in [3.05, 3.63) is 58.1 Å². The molecule has 1 heterocycles. The second-order valence-corrected chi connectivity index (χ2v) is 7.03. The number of carbonyl (C=O) groups is 2. The van der Waals surface area contributed by atoms with Crippen LogP contribution in [0.1, 0.15) is 34.2 Å². The van der Waals surface area contributed by atoms with E-state index < -0.39 is 6.04 Å². The maximum Gasteiger partial charge on any atom is 0.256 e. The van der Waals surface area contributed by atoms with Gasteiger partial charge in [0.2, 0.25) is 5.91 Å². The van der Waals surface area contributed by atoms with Crippen molar-refractivity contribution in [3.8, 4) is 0 Å². The highest BCUT2D eigenvalue weighted by molar-refractivity contribution is 6.23. The van der Waals surface area contributed by atoms with E-state index in [0.717, 1.165) is 27.9 Å². The highest BCUT2D eigenvalue weighted by Gasteiger charge is 2.40. The fourth-order valence-electron chi connectivity index (χ4n) is 3.54. The summed E-state index contributed by atoms with van der Waals surface area (Å²) in [4.78, 5) is 26.8. The molecule has 2 aromatic rings. The average molecular weight is 336 g/mol. The van der Waals surface area contributed by atoms with Crippen LogP contribution in [-0.2, 0) is 9.59 Å². The highest BCUT2D eigenvalue weighted by Crippen LogP contribution is 2.30. The Bertz CT molecular complexity index is 847. The van der Waals surface area contributed by atoms with E-state index in [0.29, 0.717) is 5.69 Å². The third-order valence-corrected chi connectivity index (χ3v) is 4.75. The van der Waals surface area contributed by atoms with Gasteiger partial charge >= 0.3 is 0 Å². The van der Waals surface area contributed by atoms with Crippen molar-refractivity contribution in [3.63, 3.8) is 0 Å². The smallest absolute Gasteiger partial charge is 0.256 e. The Labute approximate surface area is 148 Å². The molecule has 0 spiro atoms. The lowest BCUT2D eigenvalue weighted by Gasteiger charge is -2.20. The number of benzene rings is 2. The fraction of sp³-hybridized carbons (Fsp3) is 0.333. The Morgan fingerprint density at radius 2 is 1.52 bits per heavy atom. The Hall–Kier alpha value is -2.62. The van der Waals surface area contributed by atoms with E-state index in [1.807, 2.05) is 45.9 Å². The SMILES string of the molecule is Cc1cc(C)c(NC2CC(=O)N(c3cc(C)ccc3C)C2=O)c(C)c1. The van der Waals surface area contributed by atoms with E-state index in [4.69, 9.17) is 0 Å². The molecule has 1 N–H and O–H groups in total. The normalized spacial score (nSPS) is 17.3. The van der Waals surface area contributed by atoms with Gasteiger partial charge in [-0.15, -0.1) is 0 Å². The molecule has 4 heteroatoms. The molecule has 0 aromatic heterocycles. The van der Waals surface area contributed by atoms with Crippen molar-refractivity contribution in [1.29, 1.82) is 0 Å². The Morgan fingerprint density at radius 1 is 0.880 bits per heavy atom. The van der Waals surface area contributed by atoms with Gasteiger partial charge in [0, 0.05) is 5.69 Å². The van der Waals surface area contributed by atoms with Crippen molar-refractivity contribution < 1.29 is 9.59 Å². The zero-order chi connectivity index (χ0) is 18.3. The van der Waals surface area contributed by atoms with Crippen LogP contribution < -0.4 is 10.2 Å². The zero-order valence-corrected chi connectivity index (χ0v) is 15.4. The summed E-state index contributed by atoms with van der Waals surface area (Å²) in [6.07, 6.45) is 0.180. The minimum atomic E-state index is -0.521. The fourth-order valence-corrected chi connectivity index (χ4v) is 3.54. The monoisotopic (exact) mass is 336 g/mol. The van der Waals surface area contributed by atoms with Crippen molar-refractivity contribution >= 4 is 23.2 Å². The average Bonchev–Trinajstić information content (AvgIpc) is 2.80. The Morgan fingerprint density at radius 3 is 2.16 bits per heavy atom. The van der Waals surface area contributed by atoms with Gasteiger partial charge in [0.25, 0.3) is 5.91 Å². The van der Waals surface area contributed by atoms with Gasteiger partial charge in [-0.05, 0) is 62.9 Å². The summed E-state index contributed by atoms with van der Waals surface area (Å²) in [5, 5.41) is 3.31. The predicted octanol–water partition coefficient (Wildman–Crippen LogP) is 3.97. The molecule has 4 nitrogen and oxygen atoms in total. The van der Waals surface area contributed by atoms with Gasteiger partial charge in [0.05, 0.1) is 12.1 Å². The standard InChI is InChI=1S/C21H24N2O2/c1-12-6-7-14(3)18(10-12)23-19(24)11-17(21(23)25)22-20-15(4)8-13(2)9-16(20)5/h6-10,17,22H,11H2,1-5H3. The van der Waals surface area contributed by atoms with E-state index in [9.17, 15) is 9.59 Å². The Balaban J connectivity index is 1.91. The van der Waals surface area contributed by atoms with Crippen LogP contribution in [0.2, 0.25) is 0 Å². The van der Waals surface area contributed by atoms with Gasteiger partial charge in [0.15, 0.2) is 0 Å². The summed E-state index contributed by atoms with van der Waals surface area (Å²) in [6.45, 7) is 9.97. The second-order valence-electron chi connectivity index (χ2n) is 7.03. The quantitative estimate of drug-likeness (QED) is 0.863. The molecular formula is C21H24N2O2. The molecule has 130 valence electrons. The first kappa shape index (κ1) is 17.2. The lowest BCUT2D eigenvalue weighted by atomic mass is 10.0. The molecule has 3 rings (SSSR count). The molecule has 1 unspecified atom stereocenters. The molecule has 0 radical (unpaired) electrons. The van der Waals surface area contributed by atoms with Crippen LogP contribution in [0, 0.1) is 34.6 Å². The molecule has 1 atom stereocenters. The maximum atomic E-state index is 12.9. The summed E-state index contributed by atoms with van der Waals surface area (Å²) in [5.74, 6) is -0.336. The minimum Gasteiger partial charge on any atom is -0.373 e. The topological polar surface area (TPSA) is 49.4 Å². The van der Waals surface area contributed by atoms with Gasteiger partial charge in [0.1, 0.15) is 6.04 Å². The minimum absolute atomic E-state index is 0.154. The van der Waals surface area contributed by atoms with Crippen molar-refractivity contribution in [2.75, 3.05) is 10.2 Å². The number of anilines is 2. The number of rotatable bonds is 3. The number of hydrogen-bond donors (Lipinski definition) is 1. The first-order valence-electron chi connectivity index (χ1n) is 8.56. The van der Waals surface area contributed by atoms with E-state index in [1.165, 1.54) is 10.5 Å². The molecule has 25 heavy (non-hydrogen) atoms. The number of carbonyl (C=O) groups excluding carboxylic acids is 2. The van der Waals surface area contributed by atoms with Crippen LogP contribution in [-0.4, -0.2) is 17.9 Å². The highest BCUT2D eigenvalue weighted by atomic mass is 16.2.